The number of carboxylic acid groups (broad SMARTS) is 1. The number of halogens is 1. The lowest BCUT2D eigenvalue weighted by molar-refractivity contribution is -0.136. The number of hydrogen-bond donors (Lipinski definition) is 3. The molecule has 0 aliphatic heterocycles. The average Bonchev–Trinajstić information content (AvgIpc) is 3.30. The molecular weight excluding hydrogens is 492 g/mol. The van der Waals surface area contributed by atoms with Gasteiger partial charge in [0.2, 0.25) is 0 Å². The topological polar surface area (TPSA) is 101 Å². The van der Waals surface area contributed by atoms with E-state index in [2.05, 4.69) is 24.5 Å². The zero-order valence-corrected chi connectivity index (χ0v) is 21.4. The molecule has 3 N–H and O–H groups in total. The first-order valence-electron chi connectivity index (χ1n) is 12.1. The van der Waals surface area contributed by atoms with Gasteiger partial charge in [0.25, 0.3) is 5.91 Å². The zero-order chi connectivity index (χ0) is 26.4. The Bertz CT molecular complexity index is 1350. The first-order valence-corrected chi connectivity index (χ1v) is 12.5. The lowest BCUT2D eigenvalue weighted by Gasteiger charge is -2.24. The molecule has 4 aromatic rings. The van der Waals surface area contributed by atoms with Crippen molar-refractivity contribution in [3.63, 3.8) is 0 Å². The van der Waals surface area contributed by atoms with Crippen molar-refractivity contribution in [1.29, 1.82) is 0 Å². The number of nitrogens with one attached hydrogen (secondary N) is 2. The van der Waals surface area contributed by atoms with Gasteiger partial charge in [-0.3, -0.25) is 9.59 Å². The van der Waals surface area contributed by atoms with E-state index in [4.69, 9.17) is 25.9 Å². The molecular formula is C29H29ClN2O5. The summed E-state index contributed by atoms with van der Waals surface area (Å²) >= 11 is 6.57. The number of benzene rings is 3. The third-order valence-corrected chi connectivity index (χ3v) is 6.30. The first-order chi connectivity index (χ1) is 17.8. The van der Waals surface area contributed by atoms with Crippen molar-refractivity contribution >= 4 is 40.1 Å². The molecule has 0 saturated carbocycles. The number of para-hydroxylation sites is 1. The fourth-order valence-corrected chi connectivity index (χ4v) is 4.07. The fourth-order valence-electron chi connectivity index (χ4n) is 3.80. The van der Waals surface area contributed by atoms with E-state index in [0.717, 1.165) is 22.2 Å². The number of fused-ring (bicyclic) bond motifs is 1. The van der Waals surface area contributed by atoms with Crippen molar-refractivity contribution in [2.75, 3.05) is 18.5 Å². The van der Waals surface area contributed by atoms with E-state index in [1.807, 2.05) is 54.6 Å². The van der Waals surface area contributed by atoms with E-state index in [-0.39, 0.29) is 30.8 Å². The minimum atomic E-state index is -0.953. The maximum Gasteiger partial charge on any atom is 0.305 e. The number of anilines is 1. The second-order valence-corrected chi connectivity index (χ2v) is 9.48. The third kappa shape index (κ3) is 6.83. The van der Waals surface area contributed by atoms with E-state index in [9.17, 15) is 9.59 Å². The molecule has 0 fully saturated rings. The Kier molecular flexibility index (Phi) is 8.36. The van der Waals surface area contributed by atoms with Gasteiger partial charge in [-0.15, -0.1) is 0 Å². The van der Waals surface area contributed by atoms with Crippen LogP contribution >= 0.6 is 11.6 Å². The van der Waals surface area contributed by atoms with Gasteiger partial charge in [-0.25, -0.2) is 0 Å². The minimum absolute atomic E-state index is 0.00377. The molecule has 0 bridgehead atoms. The summed E-state index contributed by atoms with van der Waals surface area (Å²) in [6, 6.07) is 22.4. The smallest absolute Gasteiger partial charge is 0.305 e. The normalized spacial score (nSPS) is 11.9. The Labute approximate surface area is 220 Å². The highest BCUT2D eigenvalue weighted by Gasteiger charge is 2.16. The number of carboxylic acids is 1. The van der Waals surface area contributed by atoms with Crippen molar-refractivity contribution < 1.29 is 23.8 Å². The quantitative estimate of drug-likeness (QED) is 0.209. The van der Waals surface area contributed by atoms with E-state index in [1.54, 1.807) is 18.2 Å². The van der Waals surface area contributed by atoms with Gasteiger partial charge in [0.1, 0.15) is 23.7 Å². The molecule has 192 valence electrons. The predicted molar refractivity (Wildman–Crippen MR) is 145 cm³/mol. The summed E-state index contributed by atoms with van der Waals surface area (Å²) in [6.45, 7) is 4.70. The molecule has 0 radical (unpaired) electrons. The summed E-state index contributed by atoms with van der Waals surface area (Å²) in [6.07, 6.45) is -0.116. The monoisotopic (exact) mass is 520 g/mol. The number of hydrogen-bond acceptors (Lipinski definition) is 5. The molecule has 1 atom stereocenters. The second kappa shape index (κ2) is 11.8. The fraction of sp³-hybridized carbons (Fsp3) is 0.241. The Morgan fingerprint density at radius 2 is 1.78 bits per heavy atom. The third-order valence-electron chi connectivity index (χ3n) is 5.99. The van der Waals surface area contributed by atoms with Gasteiger partial charge >= 0.3 is 5.97 Å². The molecule has 3 aromatic carbocycles. The molecule has 0 aliphatic rings. The van der Waals surface area contributed by atoms with E-state index in [1.165, 1.54) is 0 Å². The summed E-state index contributed by atoms with van der Waals surface area (Å²) < 4.78 is 12.0. The SMILES string of the molecule is CC(C)[C@@H](COc1ccc(-c2cc3ccccc3o2)c(Cl)c1)Nc1ccc(C(=O)NCCC(=O)O)cc1. The Hall–Kier alpha value is -3.97. The van der Waals surface area contributed by atoms with Crippen molar-refractivity contribution in [1.82, 2.24) is 5.32 Å². The Morgan fingerprint density at radius 3 is 2.46 bits per heavy atom. The summed E-state index contributed by atoms with van der Waals surface area (Å²) in [5.41, 5.74) is 2.93. The number of furan rings is 1. The number of ether oxygens (including phenoxy) is 1. The Morgan fingerprint density at radius 1 is 1.03 bits per heavy atom. The maximum atomic E-state index is 12.2. The van der Waals surface area contributed by atoms with E-state index in [0.29, 0.717) is 28.7 Å². The molecule has 4 rings (SSSR count). The second-order valence-electron chi connectivity index (χ2n) is 9.07. The number of carbonyl (C=O) groups is 2. The molecule has 1 heterocycles. The van der Waals surface area contributed by atoms with E-state index < -0.39 is 5.97 Å². The van der Waals surface area contributed by atoms with E-state index >= 15 is 0 Å². The van der Waals surface area contributed by atoms with Gasteiger partial charge in [0.15, 0.2) is 0 Å². The van der Waals surface area contributed by atoms with Gasteiger partial charge in [0.05, 0.1) is 17.5 Å². The van der Waals surface area contributed by atoms with Crippen LogP contribution in [0.25, 0.3) is 22.3 Å². The van der Waals surface area contributed by atoms with Crippen LogP contribution in [0.1, 0.15) is 30.6 Å². The molecule has 0 spiro atoms. The average molecular weight is 521 g/mol. The number of aliphatic carboxylic acids is 1. The highest BCUT2D eigenvalue weighted by Crippen LogP contribution is 2.34. The zero-order valence-electron chi connectivity index (χ0n) is 20.7. The van der Waals surface area contributed by atoms with Crippen LogP contribution in [0, 0.1) is 5.92 Å². The van der Waals surface area contributed by atoms with Crippen LogP contribution in [0.2, 0.25) is 5.02 Å². The molecule has 1 aromatic heterocycles. The molecule has 0 unspecified atom stereocenters. The van der Waals surface area contributed by atoms with Crippen LogP contribution in [0.3, 0.4) is 0 Å². The van der Waals surface area contributed by atoms with Crippen LogP contribution < -0.4 is 15.4 Å². The van der Waals surface area contributed by atoms with Crippen LogP contribution in [-0.2, 0) is 4.79 Å². The molecule has 1 amide bonds. The highest BCUT2D eigenvalue weighted by molar-refractivity contribution is 6.33. The van der Waals surface area contributed by atoms with Crippen molar-refractivity contribution in [2.24, 2.45) is 5.92 Å². The number of rotatable bonds is 11. The van der Waals surface area contributed by atoms with Crippen molar-refractivity contribution in [2.45, 2.75) is 26.3 Å². The predicted octanol–water partition coefficient (Wildman–Crippen LogP) is 6.47. The first kappa shape index (κ1) is 26.1. The summed E-state index contributed by atoms with van der Waals surface area (Å²) in [5, 5.41) is 16.3. The van der Waals surface area contributed by atoms with Crippen LogP contribution in [0.4, 0.5) is 5.69 Å². The lowest BCUT2D eigenvalue weighted by Crippen LogP contribution is -2.32. The van der Waals surface area contributed by atoms with Gasteiger partial charge in [0, 0.05) is 28.7 Å². The minimum Gasteiger partial charge on any atom is -0.491 e. The van der Waals surface area contributed by atoms with Gasteiger partial charge in [-0.2, -0.15) is 0 Å². The molecule has 7 nitrogen and oxygen atoms in total. The maximum absolute atomic E-state index is 12.2. The van der Waals surface area contributed by atoms with Crippen LogP contribution in [-0.4, -0.2) is 36.2 Å². The number of amides is 1. The number of carbonyl (C=O) groups excluding carboxylic acids is 1. The summed E-state index contributed by atoms with van der Waals surface area (Å²) in [4.78, 5) is 22.8. The highest BCUT2D eigenvalue weighted by atomic mass is 35.5. The Balaban J connectivity index is 1.36. The van der Waals surface area contributed by atoms with Gasteiger partial charge < -0.3 is 24.9 Å². The van der Waals surface area contributed by atoms with Crippen molar-refractivity contribution in [3.8, 4) is 17.1 Å². The van der Waals surface area contributed by atoms with Gasteiger partial charge in [-0.05, 0) is 60.5 Å². The molecule has 0 saturated heterocycles. The lowest BCUT2D eigenvalue weighted by atomic mass is 10.0. The molecule has 37 heavy (non-hydrogen) atoms. The molecule has 0 aliphatic carbocycles. The van der Waals surface area contributed by atoms with Crippen LogP contribution in [0.5, 0.6) is 5.75 Å². The largest absolute Gasteiger partial charge is 0.491 e. The van der Waals surface area contributed by atoms with Gasteiger partial charge in [-0.1, -0.05) is 43.6 Å². The van der Waals surface area contributed by atoms with Crippen molar-refractivity contribution in [3.05, 3.63) is 83.4 Å². The van der Waals surface area contributed by atoms with Crippen LogP contribution in [0.15, 0.2) is 77.2 Å². The molecule has 8 heteroatoms. The summed E-state index contributed by atoms with van der Waals surface area (Å²) in [7, 11) is 0. The summed E-state index contributed by atoms with van der Waals surface area (Å²) in [5.74, 6) is 0.374. The standard InChI is InChI=1S/C29H29ClN2O5/c1-18(2)25(32-21-9-7-19(8-10-21)29(35)31-14-13-28(33)34)17-36-22-11-12-23(24(30)16-22)27-15-20-5-3-4-6-26(20)37-27/h3-12,15-16,18,25,32H,13-14,17H2,1-2H3,(H,31,35)(H,33,34)/t25-/m1/s1.